The maximum Gasteiger partial charge on any atom is 0.251 e. The number of amides is 1. The van der Waals surface area contributed by atoms with Crippen molar-refractivity contribution in [1.29, 1.82) is 0 Å². The molecule has 0 heterocycles. The lowest BCUT2D eigenvalue weighted by atomic mass is 10.1. The van der Waals surface area contributed by atoms with Gasteiger partial charge < -0.3 is 11.1 Å². The Morgan fingerprint density at radius 3 is 2.76 bits per heavy atom. The van der Waals surface area contributed by atoms with Crippen molar-refractivity contribution in [2.45, 2.75) is 32.7 Å². The second-order valence-corrected chi connectivity index (χ2v) is 4.64. The molecule has 0 saturated carbocycles. The zero-order valence-electron chi connectivity index (χ0n) is 10.2. The van der Waals surface area contributed by atoms with E-state index in [1.807, 2.05) is 32.0 Å². The highest BCUT2D eigenvalue weighted by Crippen LogP contribution is 2.06. The normalized spacial score (nSPS) is 11.9. The summed E-state index contributed by atoms with van der Waals surface area (Å²) in [5.74, 6) is -0.0724. The third kappa shape index (κ3) is 4.53. The Morgan fingerprint density at radius 1 is 1.53 bits per heavy atom. The highest BCUT2D eigenvalue weighted by molar-refractivity contribution is 7.80. The molecule has 1 rings (SSSR count). The molecule has 0 aliphatic heterocycles. The first kappa shape index (κ1) is 13.6. The van der Waals surface area contributed by atoms with Crippen molar-refractivity contribution in [1.82, 2.24) is 5.32 Å². The molecule has 1 aromatic rings. The van der Waals surface area contributed by atoms with Gasteiger partial charge in [0.2, 0.25) is 0 Å². The van der Waals surface area contributed by atoms with Crippen LogP contribution in [-0.2, 0) is 0 Å². The number of hydrogen-bond donors (Lipinski definition) is 2. The van der Waals surface area contributed by atoms with Gasteiger partial charge in [-0.2, -0.15) is 0 Å². The first-order chi connectivity index (χ1) is 8.02. The molecule has 17 heavy (non-hydrogen) atoms. The Kier molecular flexibility index (Phi) is 5.10. The van der Waals surface area contributed by atoms with Crippen LogP contribution < -0.4 is 11.1 Å². The molecule has 0 aliphatic carbocycles. The maximum absolute atomic E-state index is 12.0. The Hall–Kier alpha value is -1.42. The van der Waals surface area contributed by atoms with E-state index in [0.29, 0.717) is 17.0 Å². The van der Waals surface area contributed by atoms with Crippen LogP contribution in [-0.4, -0.2) is 16.9 Å². The van der Waals surface area contributed by atoms with Crippen LogP contribution in [0.25, 0.3) is 0 Å². The third-order valence-corrected chi connectivity index (χ3v) is 2.72. The molecule has 1 atom stereocenters. The van der Waals surface area contributed by atoms with Gasteiger partial charge in [0.05, 0.1) is 4.99 Å². The van der Waals surface area contributed by atoms with Crippen molar-refractivity contribution in [3.63, 3.8) is 0 Å². The van der Waals surface area contributed by atoms with Crippen LogP contribution in [0.4, 0.5) is 0 Å². The molecule has 0 spiro atoms. The quantitative estimate of drug-likeness (QED) is 0.788. The van der Waals surface area contributed by atoms with Crippen LogP contribution in [0.1, 0.15) is 35.7 Å². The van der Waals surface area contributed by atoms with Crippen LogP contribution >= 0.6 is 12.2 Å². The summed E-state index contributed by atoms with van der Waals surface area (Å²) in [6.45, 7) is 3.96. The first-order valence-electron chi connectivity index (χ1n) is 5.68. The lowest BCUT2D eigenvalue weighted by molar-refractivity contribution is 0.0937. The molecule has 3 nitrogen and oxygen atoms in total. The van der Waals surface area contributed by atoms with Crippen LogP contribution in [0.3, 0.4) is 0 Å². The first-order valence-corrected chi connectivity index (χ1v) is 6.09. The van der Waals surface area contributed by atoms with Crippen molar-refractivity contribution in [2.75, 3.05) is 0 Å². The van der Waals surface area contributed by atoms with Gasteiger partial charge in [-0.1, -0.05) is 36.8 Å². The predicted molar refractivity (Wildman–Crippen MR) is 74.1 cm³/mol. The summed E-state index contributed by atoms with van der Waals surface area (Å²) >= 11 is 4.85. The molecule has 1 unspecified atom stereocenters. The van der Waals surface area contributed by atoms with Gasteiger partial charge in [-0.05, 0) is 25.5 Å². The molecule has 3 N–H and O–H groups in total. The Balaban J connectivity index is 2.67. The molecule has 0 bridgehead atoms. The van der Waals surface area contributed by atoms with Crippen LogP contribution in [0.5, 0.6) is 0 Å². The minimum atomic E-state index is -0.0724. The molecule has 92 valence electrons. The second kappa shape index (κ2) is 6.35. The number of carbonyl (C=O) groups is 1. The van der Waals surface area contributed by atoms with E-state index in [1.54, 1.807) is 6.07 Å². The zero-order valence-corrected chi connectivity index (χ0v) is 11.0. The molecule has 0 fully saturated rings. The maximum atomic E-state index is 12.0. The Bertz CT molecular complexity index is 418. The van der Waals surface area contributed by atoms with Crippen LogP contribution in [0.2, 0.25) is 0 Å². The summed E-state index contributed by atoms with van der Waals surface area (Å²) in [4.78, 5) is 12.4. The number of nitrogens with one attached hydrogen (secondary N) is 1. The van der Waals surface area contributed by atoms with E-state index in [4.69, 9.17) is 18.0 Å². The minimum absolute atomic E-state index is 0.0144. The van der Waals surface area contributed by atoms with Crippen molar-refractivity contribution in [2.24, 2.45) is 5.73 Å². The minimum Gasteiger partial charge on any atom is -0.393 e. The van der Waals surface area contributed by atoms with E-state index in [-0.39, 0.29) is 11.9 Å². The Morgan fingerprint density at radius 2 is 2.24 bits per heavy atom. The van der Waals surface area contributed by atoms with E-state index in [2.05, 4.69) is 5.32 Å². The molecule has 4 heteroatoms. The fourth-order valence-electron chi connectivity index (χ4n) is 1.60. The summed E-state index contributed by atoms with van der Waals surface area (Å²) in [5.41, 5.74) is 7.23. The van der Waals surface area contributed by atoms with Crippen molar-refractivity contribution in [3.8, 4) is 0 Å². The number of thiocarbonyl (C=S) groups is 1. The molecule has 0 radical (unpaired) electrons. The zero-order chi connectivity index (χ0) is 12.8. The van der Waals surface area contributed by atoms with Crippen LogP contribution in [0.15, 0.2) is 24.3 Å². The third-order valence-electron chi connectivity index (χ3n) is 2.56. The number of hydrogen-bond acceptors (Lipinski definition) is 2. The van der Waals surface area contributed by atoms with Gasteiger partial charge in [-0.25, -0.2) is 0 Å². The van der Waals surface area contributed by atoms with Crippen molar-refractivity contribution < 1.29 is 4.79 Å². The lowest BCUT2D eigenvalue weighted by Crippen LogP contribution is -2.37. The average molecular weight is 250 g/mol. The SMILES string of the molecule is CCC(CC(N)=S)NC(=O)c1cccc(C)c1. The average Bonchev–Trinajstić information content (AvgIpc) is 2.27. The molecular weight excluding hydrogens is 232 g/mol. The second-order valence-electron chi connectivity index (χ2n) is 4.12. The fraction of sp³-hybridized carbons (Fsp3) is 0.385. The number of rotatable bonds is 5. The van der Waals surface area contributed by atoms with Crippen molar-refractivity contribution >= 4 is 23.1 Å². The molecular formula is C13H18N2OS. The van der Waals surface area contributed by atoms with Gasteiger partial charge in [0, 0.05) is 18.0 Å². The van der Waals surface area contributed by atoms with Crippen LogP contribution in [0, 0.1) is 6.92 Å². The molecule has 0 aliphatic rings. The summed E-state index contributed by atoms with van der Waals surface area (Å²) in [7, 11) is 0. The largest absolute Gasteiger partial charge is 0.393 e. The number of aryl methyl sites for hydroxylation is 1. The number of carbonyl (C=O) groups excluding carboxylic acids is 1. The summed E-state index contributed by atoms with van der Waals surface area (Å²) in [6.07, 6.45) is 1.36. The van der Waals surface area contributed by atoms with E-state index in [0.717, 1.165) is 12.0 Å². The molecule has 0 aromatic heterocycles. The molecule has 1 aromatic carbocycles. The summed E-state index contributed by atoms with van der Waals surface area (Å²) in [6, 6.07) is 7.51. The van der Waals surface area contributed by atoms with E-state index < -0.39 is 0 Å². The summed E-state index contributed by atoms with van der Waals surface area (Å²) in [5, 5.41) is 2.94. The summed E-state index contributed by atoms with van der Waals surface area (Å²) < 4.78 is 0. The predicted octanol–water partition coefficient (Wildman–Crippen LogP) is 2.18. The number of benzene rings is 1. The smallest absolute Gasteiger partial charge is 0.251 e. The Labute approximate surface area is 107 Å². The van der Waals surface area contributed by atoms with Gasteiger partial charge in [0.15, 0.2) is 0 Å². The standard InChI is InChI=1S/C13H18N2OS/c1-3-11(8-12(14)17)15-13(16)10-6-4-5-9(2)7-10/h4-7,11H,3,8H2,1-2H3,(H2,14,17)(H,15,16). The number of nitrogens with two attached hydrogens (primary N) is 1. The monoisotopic (exact) mass is 250 g/mol. The van der Waals surface area contributed by atoms with Crippen molar-refractivity contribution in [3.05, 3.63) is 35.4 Å². The lowest BCUT2D eigenvalue weighted by Gasteiger charge is -2.16. The van der Waals surface area contributed by atoms with Gasteiger partial charge in [0.25, 0.3) is 5.91 Å². The molecule has 0 saturated heterocycles. The topological polar surface area (TPSA) is 55.1 Å². The van der Waals surface area contributed by atoms with E-state index in [1.165, 1.54) is 0 Å². The van der Waals surface area contributed by atoms with Gasteiger partial charge in [-0.3, -0.25) is 4.79 Å². The fourth-order valence-corrected chi connectivity index (χ4v) is 1.80. The van der Waals surface area contributed by atoms with E-state index >= 15 is 0 Å². The highest BCUT2D eigenvalue weighted by atomic mass is 32.1. The molecule has 1 amide bonds. The van der Waals surface area contributed by atoms with Gasteiger partial charge in [0.1, 0.15) is 0 Å². The van der Waals surface area contributed by atoms with E-state index in [9.17, 15) is 4.79 Å². The van der Waals surface area contributed by atoms with Gasteiger partial charge in [-0.15, -0.1) is 0 Å². The van der Waals surface area contributed by atoms with Gasteiger partial charge >= 0.3 is 0 Å². The highest BCUT2D eigenvalue weighted by Gasteiger charge is 2.12.